The van der Waals surface area contributed by atoms with Crippen molar-refractivity contribution in [1.82, 2.24) is 14.9 Å². The van der Waals surface area contributed by atoms with Gasteiger partial charge in [-0.15, -0.1) is 0 Å². The first-order valence-corrected chi connectivity index (χ1v) is 14.4. The Morgan fingerprint density at radius 2 is 1.88 bits per heavy atom. The summed E-state index contributed by atoms with van der Waals surface area (Å²) in [5, 5.41) is 14.4. The third-order valence-corrected chi connectivity index (χ3v) is 8.75. The normalized spacial score (nSPS) is 24.8. The highest BCUT2D eigenvalue weighted by molar-refractivity contribution is 5.80. The Hall–Kier alpha value is -3.03. The Bertz CT molecular complexity index is 1230. The summed E-state index contributed by atoms with van der Waals surface area (Å²) in [6.07, 6.45) is 0.531. The van der Waals surface area contributed by atoms with Crippen LogP contribution in [0, 0.1) is 17.7 Å². The van der Waals surface area contributed by atoms with Gasteiger partial charge in [-0.3, -0.25) is 9.69 Å². The highest BCUT2D eigenvalue weighted by atomic mass is 19.4. The quantitative estimate of drug-likeness (QED) is 0.358. The monoisotopic (exact) mass is 594 g/mol. The number of aromatic nitrogens is 2. The first kappa shape index (κ1) is 30.4. The molecule has 3 atom stereocenters. The number of carbonyl (C=O) groups is 1. The van der Waals surface area contributed by atoms with Gasteiger partial charge in [0, 0.05) is 44.8 Å². The zero-order valence-corrected chi connectivity index (χ0v) is 23.6. The fraction of sp³-hybridized carbons (Fsp3) is 0.621. The van der Waals surface area contributed by atoms with Crippen molar-refractivity contribution in [3.05, 3.63) is 47.5 Å². The number of anilines is 2. The number of carbonyl (C=O) groups excluding carboxylic acids is 1. The summed E-state index contributed by atoms with van der Waals surface area (Å²) in [7, 11) is 0. The number of aliphatic hydroxyl groups is 1. The summed E-state index contributed by atoms with van der Waals surface area (Å²) in [4.78, 5) is 24.4. The van der Waals surface area contributed by atoms with Crippen molar-refractivity contribution in [3.8, 4) is 0 Å². The largest absolute Gasteiger partial charge is 0.416 e. The van der Waals surface area contributed by atoms with E-state index in [1.165, 1.54) is 18.5 Å². The van der Waals surface area contributed by atoms with Gasteiger partial charge in [-0.1, -0.05) is 12.1 Å². The highest BCUT2D eigenvalue weighted by Crippen LogP contribution is 2.36. The van der Waals surface area contributed by atoms with E-state index in [4.69, 9.17) is 10.5 Å². The molecule has 2 aromatic rings. The Labute approximate surface area is 242 Å². The van der Waals surface area contributed by atoms with Gasteiger partial charge in [-0.05, 0) is 69.2 Å². The molecule has 1 unspecified atom stereocenters. The lowest BCUT2D eigenvalue weighted by Crippen LogP contribution is -2.61. The van der Waals surface area contributed by atoms with Crippen molar-refractivity contribution in [1.29, 1.82) is 0 Å². The summed E-state index contributed by atoms with van der Waals surface area (Å²) < 4.78 is 60.1. The van der Waals surface area contributed by atoms with Gasteiger partial charge in [0.05, 0.1) is 17.2 Å². The standard InChI is InChI=1S/C29H38F4N6O3/c1-28(41)16-38(24(25(34)40)19-9-12-42-13-10-19)11-8-21(28)14-35-26-23(30)27(37-17-36-26)39(22-6-7-22)15-18-2-4-20(5-3-18)29(31,32)33/h2-5,17,19,21-22,24,41H,6-16H2,1H3,(H2,34,40)(H,35,36,37)/t21-,24?,28-/m0/s1. The maximum atomic E-state index is 15.7. The molecule has 3 heterocycles. The van der Waals surface area contributed by atoms with Gasteiger partial charge in [-0.25, -0.2) is 9.97 Å². The van der Waals surface area contributed by atoms with Crippen LogP contribution in [0.25, 0.3) is 0 Å². The van der Waals surface area contributed by atoms with Crippen LogP contribution in [0.1, 0.15) is 50.2 Å². The molecule has 0 spiro atoms. The number of halogens is 4. The van der Waals surface area contributed by atoms with Gasteiger partial charge in [0.1, 0.15) is 6.33 Å². The lowest BCUT2D eigenvalue weighted by molar-refractivity contribution is -0.137. The molecule has 0 bridgehead atoms. The molecule has 42 heavy (non-hydrogen) atoms. The predicted molar refractivity (Wildman–Crippen MR) is 148 cm³/mol. The average molecular weight is 595 g/mol. The Morgan fingerprint density at radius 1 is 1.19 bits per heavy atom. The van der Waals surface area contributed by atoms with Crippen molar-refractivity contribution in [2.24, 2.45) is 17.6 Å². The number of nitrogens with one attached hydrogen (secondary N) is 1. The molecule has 1 amide bonds. The number of benzene rings is 1. The maximum Gasteiger partial charge on any atom is 0.416 e. The van der Waals surface area contributed by atoms with Crippen LogP contribution in [0.4, 0.5) is 29.2 Å². The van der Waals surface area contributed by atoms with E-state index in [0.29, 0.717) is 31.7 Å². The molecular formula is C29H38F4N6O3. The van der Waals surface area contributed by atoms with E-state index in [-0.39, 0.29) is 49.1 Å². The number of hydrogen-bond acceptors (Lipinski definition) is 8. The van der Waals surface area contributed by atoms with E-state index in [1.807, 2.05) is 4.90 Å². The second kappa shape index (κ2) is 12.3. The molecule has 1 aromatic heterocycles. The fourth-order valence-corrected chi connectivity index (χ4v) is 6.22. The van der Waals surface area contributed by atoms with Gasteiger partial charge in [0.25, 0.3) is 0 Å². The maximum absolute atomic E-state index is 15.7. The highest BCUT2D eigenvalue weighted by Gasteiger charge is 2.43. The molecule has 3 aliphatic rings. The smallest absolute Gasteiger partial charge is 0.388 e. The van der Waals surface area contributed by atoms with Crippen LogP contribution >= 0.6 is 0 Å². The van der Waals surface area contributed by atoms with E-state index in [1.54, 1.807) is 11.8 Å². The second-order valence-corrected chi connectivity index (χ2v) is 11.9. The molecule has 9 nitrogen and oxygen atoms in total. The first-order chi connectivity index (χ1) is 19.9. The number of alkyl halides is 3. The van der Waals surface area contributed by atoms with Crippen LogP contribution < -0.4 is 16.0 Å². The summed E-state index contributed by atoms with van der Waals surface area (Å²) >= 11 is 0. The number of amides is 1. The fourth-order valence-electron chi connectivity index (χ4n) is 6.22. The van der Waals surface area contributed by atoms with Crippen molar-refractivity contribution >= 4 is 17.5 Å². The Morgan fingerprint density at radius 3 is 2.48 bits per heavy atom. The Kier molecular flexibility index (Phi) is 8.91. The zero-order chi connectivity index (χ0) is 30.1. The molecule has 3 fully saturated rings. The molecule has 13 heteroatoms. The molecule has 0 radical (unpaired) electrons. The molecular weight excluding hydrogens is 556 g/mol. The van der Waals surface area contributed by atoms with Gasteiger partial charge < -0.3 is 25.8 Å². The summed E-state index contributed by atoms with van der Waals surface area (Å²) in [5.74, 6) is -1.15. The number of nitrogens with zero attached hydrogens (tertiary/aromatic N) is 4. The van der Waals surface area contributed by atoms with E-state index in [9.17, 15) is 23.1 Å². The second-order valence-electron chi connectivity index (χ2n) is 11.9. The van der Waals surface area contributed by atoms with Crippen LogP contribution in [-0.2, 0) is 22.3 Å². The minimum Gasteiger partial charge on any atom is -0.388 e. The first-order valence-electron chi connectivity index (χ1n) is 14.4. The molecule has 1 aliphatic carbocycles. The number of likely N-dealkylation sites (tertiary alicyclic amines) is 1. The van der Waals surface area contributed by atoms with Crippen LogP contribution in [0.5, 0.6) is 0 Å². The number of ether oxygens (including phenoxy) is 1. The number of rotatable bonds is 10. The number of nitrogens with two attached hydrogens (primary N) is 1. The Balaban J connectivity index is 1.24. The number of hydrogen-bond donors (Lipinski definition) is 3. The molecule has 2 aliphatic heterocycles. The number of piperidine rings is 1. The van der Waals surface area contributed by atoms with E-state index < -0.39 is 35.1 Å². The third-order valence-electron chi connectivity index (χ3n) is 8.75. The van der Waals surface area contributed by atoms with Crippen LogP contribution in [-0.4, -0.2) is 76.4 Å². The molecule has 4 N–H and O–H groups in total. The lowest BCUT2D eigenvalue weighted by atomic mass is 9.80. The van der Waals surface area contributed by atoms with Crippen molar-refractivity contribution in [2.45, 2.75) is 69.4 Å². The lowest BCUT2D eigenvalue weighted by Gasteiger charge is -2.47. The van der Waals surface area contributed by atoms with Gasteiger partial charge in [-0.2, -0.15) is 17.6 Å². The minimum absolute atomic E-state index is 0.00600. The number of β-amino-alcohol motifs (C(OH)–C–C–N with tert-alkyl or cyclic N) is 1. The summed E-state index contributed by atoms with van der Waals surface area (Å²) in [6.45, 7) is 4.15. The predicted octanol–water partition coefficient (Wildman–Crippen LogP) is 3.57. The van der Waals surface area contributed by atoms with Gasteiger partial charge >= 0.3 is 6.18 Å². The molecule has 230 valence electrons. The van der Waals surface area contributed by atoms with Crippen molar-refractivity contribution in [2.75, 3.05) is 43.1 Å². The average Bonchev–Trinajstić information content (AvgIpc) is 3.78. The molecule has 1 aromatic carbocycles. The minimum atomic E-state index is -4.43. The van der Waals surface area contributed by atoms with E-state index in [2.05, 4.69) is 15.3 Å². The van der Waals surface area contributed by atoms with E-state index in [0.717, 1.165) is 37.8 Å². The molecule has 5 rings (SSSR count). The van der Waals surface area contributed by atoms with Crippen LogP contribution in [0.2, 0.25) is 0 Å². The van der Waals surface area contributed by atoms with Gasteiger partial charge in [0.15, 0.2) is 11.6 Å². The third kappa shape index (κ3) is 6.95. The van der Waals surface area contributed by atoms with Gasteiger partial charge in [0.2, 0.25) is 11.7 Å². The number of primary amides is 1. The topological polar surface area (TPSA) is 117 Å². The zero-order valence-electron chi connectivity index (χ0n) is 23.6. The molecule has 2 saturated heterocycles. The van der Waals surface area contributed by atoms with Crippen molar-refractivity contribution in [3.63, 3.8) is 0 Å². The SMILES string of the molecule is C[C@]1(O)CN(C(C(N)=O)C2CCOCC2)CC[C@H]1CNc1ncnc(N(Cc2ccc(C(F)(F)F)cc2)C2CC2)c1F. The summed E-state index contributed by atoms with van der Waals surface area (Å²) in [6, 6.07) is 4.40. The summed E-state index contributed by atoms with van der Waals surface area (Å²) in [5.41, 5.74) is 4.50. The van der Waals surface area contributed by atoms with Crippen LogP contribution in [0.3, 0.4) is 0 Å². The van der Waals surface area contributed by atoms with E-state index >= 15 is 4.39 Å². The van der Waals surface area contributed by atoms with Crippen LogP contribution in [0.15, 0.2) is 30.6 Å². The molecule has 1 saturated carbocycles. The van der Waals surface area contributed by atoms with Crippen molar-refractivity contribution < 1.29 is 32.2 Å².